The van der Waals surface area contributed by atoms with Gasteiger partial charge in [0.15, 0.2) is 11.6 Å². The number of aromatic nitrogens is 3. The Morgan fingerprint density at radius 2 is 2.15 bits per heavy atom. The lowest BCUT2D eigenvalue weighted by molar-refractivity contribution is 0.102. The molecular weight excluding hydrogens is 344 g/mol. The van der Waals surface area contributed by atoms with Crippen LogP contribution in [0, 0.1) is 6.92 Å². The molecule has 0 atom stereocenters. The van der Waals surface area contributed by atoms with Gasteiger partial charge in [-0.1, -0.05) is 18.5 Å². The third kappa shape index (κ3) is 3.37. The summed E-state index contributed by atoms with van der Waals surface area (Å²) in [4.78, 5) is 22.1. The Labute approximate surface area is 157 Å². The maximum Gasteiger partial charge on any atom is 0.259 e. The number of carbonyl (C=O) groups excluding carboxylic acids is 1. The molecule has 1 fully saturated rings. The average Bonchev–Trinajstić information content (AvgIpc) is 3.43. The second-order valence-electron chi connectivity index (χ2n) is 6.89. The third-order valence-corrected chi connectivity index (χ3v) is 4.71. The van der Waals surface area contributed by atoms with E-state index in [1.165, 1.54) is 0 Å². The smallest absolute Gasteiger partial charge is 0.259 e. The summed E-state index contributed by atoms with van der Waals surface area (Å²) < 4.78 is 10.8. The van der Waals surface area contributed by atoms with E-state index in [9.17, 15) is 4.79 Å². The molecular formula is C20H22N4O3. The van der Waals surface area contributed by atoms with Crippen molar-refractivity contribution < 1.29 is 14.1 Å². The minimum atomic E-state index is -0.263. The number of nitrogens with one attached hydrogen (secondary N) is 1. The van der Waals surface area contributed by atoms with Crippen LogP contribution in [0.25, 0.3) is 11.1 Å². The van der Waals surface area contributed by atoms with Gasteiger partial charge < -0.3 is 14.6 Å². The predicted octanol–water partition coefficient (Wildman–Crippen LogP) is 4.02. The highest BCUT2D eigenvalue weighted by atomic mass is 16.5. The van der Waals surface area contributed by atoms with Crippen LogP contribution in [0.2, 0.25) is 0 Å². The van der Waals surface area contributed by atoms with Crippen LogP contribution in [0.4, 0.5) is 5.82 Å². The van der Waals surface area contributed by atoms with Gasteiger partial charge >= 0.3 is 0 Å². The maximum absolute atomic E-state index is 13.2. The molecule has 0 saturated heterocycles. The predicted molar refractivity (Wildman–Crippen MR) is 101 cm³/mol. The van der Waals surface area contributed by atoms with E-state index < -0.39 is 0 Å². The largest absolute Gasteiger partial charge is 0.493 e. The van der Waals surface area contributed by atoms with Crippen molar-refractivity contribution in [3.8, 4) is 5.75 Å². The third-order valence-electron chi connectivity index (χ3n) is 4.71. The van der Waals surface area contributed by atoms with Gasteiger partial charge in [-0.2, -0.15) is 0 Å². The summed E-state index contributed by atoms with van der Waals surface area (Å²) in [6.07, 6.45) is 3.80. The van der Waals surface area contributed by atoms with Gasteiger partial charge in [0.2, 0.25) is 0 Å². The lowest BCUT2D eigenvalue weighted by Crippen LogP contribution is -2.15. The highest BCUT2D eigenvalue weighted by Gasteiger charge is 2.29. The molecule has 1 aliphatic carbocycles. The van der Waals surface area contributed by atoms with Gasteiger partial charge in [0.05, 0.1) is 23.8 Å². The van der Waals surface area contributed by atoms with Crippen LogP contribution in [0.5, 0.6) is 5.75 Å². The molecule has 1 N–H and O–H groups in total. The second kappa shape index (κ2) is 6.98. The maximum atomic E-state index is 13.2. The molecule has 7 nitrogen and oxygen atoms in total. The minimum absolute atomic E-state index is 0.263. The summed E-state index contributed by atoms with van der Waals surface area (Å²) in [5, 5.41) is 7.72. The van der Waals surface area contributed by atoms with Crippen LogP contribution in [0.3, 0.4) is 0 Å². The Bertz CT molecular complexity index is 1010. The molecule has 0 radical (unpaired) electrons. The number of methoxy groups -OCH3 is 1. The van der Waals surface area contributed by atoms with Crippen LogP contribution in [0.15, 0.2) is 22.7 Å². The van der Waals surface area contributed by atoms with Crippen LogP contribution >= 0.6 is 0 Å². The number of nitrogens with zero attached hydrogens (tertiary/aromatic N) is 3. The number of fused-ring (bicyclic) bond motifs is 1. The first-order valence-electron chi connectivity index (χ1n) is 9.23. The number of aryl methyl sites for hydroxylation is 2. The van der Waals surface area contributed by atoms with E-state index in [0.29, 0.717) is 34.1 Å². The van der Waals surface area contributed by atoms with Crippen molar-refractivity contribution in [3.63, 3.8) is 0 Å². The van der Waals surface area contributed by atoms with Crippen molar-refractivity contribution in [3.05, 3.63) is 40.8 Å². The quantitative estimate of drug-likeness (QED) is 0.709. The van der Waals surface area contributed by atoms with E-state index in [4.69, 9.17) is 9.26 Å². The molecule has 4 rings (SSSR count). The summed E-state index contributed by atoms with van der Waals surface area (Å²) >= 11 is 0. The van der Waals surface area contributed by atoms with Gasteiger partial charge in [-0.05, 0) is 44.4 Å². The Morgan fingerprint density at radius 1 is 1.33 bits per heavy atom. The van der Waals surface area contributed by atoms with Crippen molar-refractivity contribution in [2.45, 2.75) is 45.4 Å². The fraction of sp³-hybridized carbons (Fsp3) is 0.400. The summed E-state index contributed by atoms with van der Waals surface area (Å²) in [6.45, 7) is 3.93. The van der Waals surface area contributed by atoms with E-state index in [-0.39, 0.29) is 5.91 Å². The molecule has 0 bridgehead atoms. The highest BCUT2D eigenvalue weighted by molar-refractivity contribution is 6.12. The van der Waals surface area contributed by atoms with Crippen molar-refractivity contribution in [1.82, 2.24) is 15.1 Å². The molecule has 1 aliphatic rings. The first kappa shape index (κ1) is 17.5. The molecule has 1 saturated carbocycles. The fourth-order valence-electron chi connectivity index (χ4n) is 3.18. The number of anilines is 1. The number of pyridine rings is 2. The zero-order chi connectivity index (χ0) is 19.0. The second-order valence-corrected chi connectivity index (χ2v) is 6.89. The summed E-state index contributed by atoms with van der Waals surface area (Å²) in [7, 11) is 1.55. The molecule has 0 aliphatic heterocycles. The molecule has 27 heavy (non-hydrogen) atoms. The molecule has 7 heteroatoms. The van der Waals surface area contributed by atoms with Gasteiger partial charge in [0.25, 0.3) is 11.6 Å². The summed E-state index contributed by atoms with van der Waals surface area (Å²) in [6, 6.07) is 5.50. The molecule has 140 valence electrons. The molecule has 3 heterocycles. The molecule has 0 unspecified atom stereocenters. The van der Waals surface area contributed by atoms with E-state index >= 15 is 0 Å². The average molecular weight is 366 g/mol. The first-order chi connectivity index (χ1) is 13.1. The molecule has 3 aromatic heterocycles. The van der Waals surface area contributed by atoms with Gasteiger partial charge in [0, 0.05) is 17.3 Å². The van der Waals surface area contributed by atoms with Gasteiger partial charge in [-0.25, -0.2) is 9.97 Å². The first-order valence-corrected chi connectivity index (χ1v) is 9.23. The fourth-order valence-corrected chi connectivity index (χ4v) is 3.18. The molecule has 0 aromatic carbocycles. The Kier molecular flexibility index (Phi) is 4.51. The molecule has 0 spiro atoms. The van der Waals surface area contributed by atoms with Crippen LogP contribution in [0.1, 0.15) is 59.5 Å². The lowest BCUT2D eigenvalue weighted by atomic mass is 10.0. The standard InChI is InChI=1S/C20H22N4O3/c1-4-5-14-17-13(10-15(12-7-8-12)22-20(17)27-24-14)19(25)23-18-16(26-3)9-6-11(2)21-18/h6,9-10,12H,4-5,7-8H2,1-3H3,(H,21,23,25). The van der Waals surface area contributed by atoms with Gasteiger partial charge in [-0.15, -0.1) is 0 Å². The van der Waals surface area contributed by atoms with Gasteiger partial charge in [-0.3, -0.25) is 4.79 Å². The zero-order valence-electron chi connectivity index (χ0n) is 15.7. The van der Waals surface area contributed by atoms with Crippen LogP contribution < -0.4 is 10.1 Å². The number of rotatable bonds is 6. The topological polar surface area (TPSA) is 90.1 Å². The van der Waals surface area contributed by atoms with E-state index in [0.717, 1.165) is 42.8 Å². The Morgan fingerprint density at radius 3 is 2.85 bits per heavy atom. The minimum Gasteiger partial charge on any atom is -0.493 e. The Hall–Kier alpha value is -2.96. The molecule has 1 amide bonds. The number of hydrogen-bond donors (Lipinski definition) is 1. The number of hydrogen-bond acceptors (Lipinski definition) is 6. The Balaban J connectivity index is 1.78. The number of carbonyl (C=O) groups is 1. The summed E-state index contributed by atoms with van der Waals surface area (Å²) in [5.74, 6) is 1.04. The molecule has 3 aromatic rings. The van der Waals surface area contributed by atoms with E-state index in [1.54, 1.807) is 13.2 Å². The van der Waals surface area contributed by atoms with E-state index in [1.807, 2.05) is 19.1 Å². The monoisotopic (exact) mass is 366 g/mol. The number of amides is 1. The van der Waals surface area contributed by atoms with E-state index in [2.05, 4.69) is 27.4 Å². The van der Waals surface area contributed by atoms with Crippen molar-refractivity contribution in [1.29, 1.82) is 0 Å². The zero-order valence-corrected chi connectivity index (χ0v) is 15.7. The summed E-state index contributed by atoms with van der Waals surface area (Å²) in [5.41, 5.74) is 3.39. The highest BCUT2D eigenvalue weighted by Crippen LogP contribution is 2.40. The lowest BCUT2D eigenvalue weighted by Gasteiger charge is -2.11. The van der Waals surface area contributed by atoms with Crippen LogP contribution in [-0.4, -0.2) is 28.1 Å². The normalized spacial score (nSPS) is 13.7. The van der Waals surface area contributed by atoms with Crippen molar-refractivity contribution in [2.24, 2.45) is 0 Å². The van der Waals surface area contributed by atoms with Gasteiger partial charge in [0.1, 0.15) is 0 Å². The van der Waals surface area contributed by atoms with Crippen molar-refractivity contribution in [2.75, 3.05) is 12.4 Å². The van der Waals surface area contributed by atoms with Crippen molar-refractivity contribution >= 4 is 22.8 Å². The van der Waals surface area contributed by atoms with Crippen LogP contribution in [-0.2, 0) is 6.42 Å². The number of ether oxygens (including phenoxy) is 1. The SMILES string of the molecule is CCCc1noc2nc(C3CC3)cc(C(=O)Nc3nc(C)ccc3OC)c12.